The first kappa shape index (κ1) is 56.0. The summed E-state index contributed by atoms with van der Waals surface area (Å²) in [5.41, 5.74) is 2.74. The first-order chi connectivity index (χ1) is 34.6. The second-order valence-electron chi connectivity index (χ2n) is 20.9. The third kappa shape index (κ3) is 19.9. The highest BCUT2D eigenvalue weighted by atomic mass is 16.7. The predicted octanol–water partition coefficient (Wildman–Crippen LogP) is 13.7. The average Bonchev–Trinajstić information content (AvgIpc) is 3.36. The summed E-state index contributed by atoms with van der Waals surface area (Å²) in [6.45, 7) is 5.92. The lowest BCUT2D eigenvalue weighted by molar-refractivity contribution is -0.365. The summed E-state index contributed by atoms with van der Waals surface area (Å²) in [6, 6.07) is 29.3. The topological polar surface area (TPSA) is 130 Å². The summed E-state index contributed by atoms with van der Waals surface area (Å²) in [5, 5.41) is 19.4. The highest BCUT2D eigenvalue weighted by Gasteiger charge is 2.53. The number of unbranched alkanes of at least 4 members (excludes halogenated alkanes) is 18. The van der Waals surface area contributed by atoms with Crippen molar-refractivity contribution in [2.75, 3.05) is 6.61 Å². The van der Waals surface area contributed by atoms with Crippen LogP contribution in [0.5, 0.6) is 0 Å². The van der Waals surface area contributed by atoms with Crippen molar-refractivity contribution in [1.29, 1.82) is 0 Å². The van der Waals surface area contributed by atoms with Crippen LogP contribution in [0.15, 0.2) is 84.9 Å². The molecule has 71 heavy (non-hydrogen) atoms. The fraction of sp³-hybridized carbons (Fsp3) is 0.623. The molecule has 2 fully saturated rings. The molecule has 0 aromatic heterocycles. The van der Waals surface area contributed by atoms with Crippen molar-refractivity contribution < 1.29 is 43.2 Å². The van der Waals surface area contributed by atoms with Crippen LogP contribution in [0, 0.1) is 0 Å². The van der Waals surface area contributed by atoms with E-state index < -0.39 is 54.4 Å². The highest BCUT2D eigenvalue weighted by Crippen LogP contribution is 2.34. The molecule has 0 bridgehead atoms. The summed E-state index contributed by atoms with van der Waals surface area (Å²) >= 11 is 0. The molecule has 10 nitrogen and oxygen atoms in total. The van der Waals surface area contributed by atoms with E-state index in [4.69, 9.17) is 23.7 Å². The Balaban J connectivity index is 0.943. The lowest BCUT2D eigenvalue weighted by atomic mass is 9.94. The quantitative estimate of drug-likeness (QED) is 0.0354. The summed E-state index contributed by atoms with van der Waals surface area (Å²) in [6.07, 6.45) is 21.1. The van der Waals surface area contributed by atoms with E-state index in [1.54, 1.807) is 13.8 Å². The Morgan fingerprint density at radius 2 is 1.13 bits per heavy atom. The maximum Gasteiger partial charge on any atom is 0.306 e. The second kappa shape index (κ2) is 30.6. The summed E-state index contributed by atoms with van der Waals surface area (Å²) < 4.78 is 30.2. The fourth-order valence-electron chi connectivity index (χ4n) is 10.3. The van der Waals surface area contributed by atoms with Crippen LogP contribution >= 0.6 is 0 Å². The van der Waals surface area contributed by atoms with Crippen LogP contribution in [-0.2, 0) is 50.9 Å². The van der Waals surface area contributed by atoms with Gasteiger partial charge < -0.3 is 34.1 Å². The minimum atomic E-state index is -1.47. The average molecular weight is 978 g/mol. The van der Waals surface area contributed by atoms with Crippen LogP contribution in [-0.4, -0.2) is 72.1 Å². The van der Waals surface area contributed by atoms with Gasteiger partial charge in [0.2, 0.25) is 5.91 Å². The van der Waals surface area contributed by atoms with Gasteiger partial charge in [0.15, 0.2) is 18.2 Å². The number of nitrogens with one attached hydrogen (secondary N) is 1. The molecule has 2 aliphatic rings. The first-order valence-electron chi connectivity index (χ1n) is 27.9. The lowest BCUT2D eigenvalue weighted by Gasteiger charge is -2.49. The molecule has 0 aliphatic carbocycles. The number of amides is 1. The molecule has 0 radical (unpaired) electrons. The molecular weight excluding hydrogens is 891 g/mol. The number of carbonyl (C=O) groups is 3. The van der Waals surface area contributed by atoms with E-state index in [2.05, 4.69) is 97.2 Å². The monoisotopic (exact) mass is 978 g/mol. The SMILES string of the molecule is CCCCCCCCCCC[C@@H](CC(=O)N[C@@H]1[C@@H](OC(=O)CCCCCCCCc2ccc3ccccc3c2)[C@@H]2OC(C)(C)OC[C@H]2O[C@H]1O)OC(=O)CCCCCCCCc1ccc2ccccc2c1. The van der Waals surface area contributed by atoms with Gasteiger partial charge in [-0.1, -0.05) is 195 Å². The Kier molecular flexibility index (Phi) is 24.1. The van der Waals surface area contributed by atoms with Crippen molar-refractivity contribution in [3.63, 3.8) is 0 Å². The van der Waals surface area contributed by atoms with Crippen LogP contribution < -0.4 is 5.32 Å². The zero-order valence-corrected chi connectivity index (χ0v) is 43.6. The summed E-state index contributed by atoms with van der Waals surface area (Å²) in [5.74, 6) is -2.11. The molecule has 2 N–H and O–H groups in total. The van der Waals surface area contributed by atoms with Crippen molar-refractivity contribution in [2.24, 2.45) is 0 Å². The first-order valence-corrected chi connectivity index (χ1v) is 27.9. The molecule has 390 valence electrons. The second-order valence-corrected chi connectivity index (χ2v) is 20.9. The van der Waals surface area contributed by atoms with Crippen LogP contribution in [0.4, 0.5) is 0 Å². The minimum Gasteiger partial charge on any atom is -0.462 e. The molecular formula is C61H87NO9. The van der Waals surface area contributed by atoms with Crippen LogP contribution in [0.2, 0.25) is 0 Å². The molecule has 10 heteroatoms. The molecule has 4 aromatic rings. The van der Waals surface area contributed by atoms with Crippen LogP contribution in [0.25, 0.3) is 21.5 Å². The standard InChI is InChI=1S/C61H87NO9/c1-4-5-6-7-8-9-10-17-22-35-52(68-55(64)36-23-18-13-11-15-20-29-46-38-40-48-31-25-27-33-50(48)42-46)44-54(63)62-57-59(58-53(69-60(57)66)45-67-61(2,3)71-58)70-56(65)37-24-19-14-12-16-21-30-47-39-41-49-32-26-28-34-51(49)43-47/h25-28,31-34,38-43,52-53,57-60,66H,4-24,29-30,35-37,44-45H2,1-3H3,(H,62,63)/t52-,53+,57+,58+,59+,60+/m0/s1. The van der Waals surface area contributed by atoms with E-state index in [0.717, 1.165) is 103 Å². The predicted molar refractivity (Wildman–Crippen MR) is 284 cm³/mol. The molecule has 2 saturated heterocycles. The number of benzene rings is 4. The number of ether oxygens (including phenoxy) is 5. The van der Waals surface area contributed by atoms with E-state index in [0.29, 0.717) is 19.3 Å². The molecule has 1 amide bonds. The summed E-state index contributed by atoms with van der Waals surface area (Å²) in [4.78, 5) is 40.7. The zero-order chi connectivity index (χ0) is 50.1. The molecule has 2 aliphatic heterocycles. The number of esters is 2. The fourth-order valence-corrected chi connectivity index (χ4v) is 10.3. The Labute approximate surface area is 425 Å². The van der Waals surface area contributed by atoms with Gasteiger partial charge in [-0.25, -0.2) is 0 Å². The normalized spacial score (nSPS) is 20.1. The zero-order valence-electron chi connectivity index (χ0n) is 43.6. The van der Waals surface area contributed by atoms with Crippen molar-refractivity contribution in [3.8, 4) is 0 Å². The van der Waals surface area contributed by atoms with Gasteiger partial charge in [0.05, 0.1) is 13.0 Å². The number of aliphatic hydroxyl groups excluding tert-OH is 1. The van der Waals surface area contributed by atoms with Crippen LogP contribution in [0.1, 0.15) is 192 Å². The molecule has 0 spiro atoms. The van der Waals surface area contributed by atoms with Crippen molar-refractivity contribution in [3.05, 3.63) is 96.1 Å². The summed E-state index contributed by atoms with van der Waals surface area (Å²) in [7, 11) is 0. The van der Waals surface area contributed by atoms with E-state index >= 15 is 0 Å². The van der Waals surface area contributed by atoms with Crippen molar-refractivity contribution in [2.45, 2.75) is 237 Å². The Morgan fingerprint density at radius 3 is 1.69 bits per heavy atom. The van der Waals surface area contributed by atoms with Gasteiger partial charge in [0.1, 0.15) is 24.4 Å². The van der Waals surface area contributed by atoms with Gasteiger partial charge in [0.25, 0.3) is 0 Å². The molecule has 2 heterocycles. The van der Waals surface area contributed by atoms with Crippen molar-refractivity contribution >= 4 is 39.4 Å². The number of fused-ring (bicyclic) bond motifs is 3. The largest absolute Gasteiger partial charge is 0.462 e. The van der Waals surface area contributed by atoms with E-state index in [-0.39, 0.29) is 25.4 Å². The molecule has 0 saturated carbocycles. The lowest BCUT2D eigenvalue weighted by Crippen LogP contribution is -2.69. The Hall–Kier alpha value is -4.35. The minimum absolute atomic E-state index is 0.0737. The molecule has 6 atom stereocenters. The number of carbonyl (C=O) groups excluding carboxylic acids is 3. The van der Waals surface area contributed by atoms with E-state index in [1.165, 1.54) is 71.2 Å². The van der Waals surface area contributed by atoms with E-state index in [1.807, 2.05) is 0 Å². The third-order valence-corrected chi connectivity index (χ3v) is 14.4. The Bertz CT molecular complexity index is 2190. The van der Waals surface area contributed by atoms with Crippen LogP contribution in [0.3, 0.4) is 0 Å². The van der Waals surface area contributed by atoms with Gasteiger partial charge in [0, 0.05) is 12.8 Å². The smallest absolute Gasteiger partial charge is 0.306 e. The maximum atomic E-state index is 13.9. The maximum absolute atomic E-state index is 13.9. The van der Waals surface area contributed by atoms with Gasteiger partial charge >= 0.3 is 11.9 Å². The van der Waals surface area contributed by atoms with Gasteiger partial charge in [-0.3, -0.25) is 14.4 Å². The van der Waals surface area contributed by atoms with E-state index in [9.17, 15) is 19.5 Å². The van der Waals surface area contributed by atoms with Gasteiger partial charge in [-0.05, 0) is 97.9 Å². The van der Waals surface area contributed by atoms with Gasteiger partial charge in [-0.2, -0.15) is 0 Å². The molecule has 0 unspecified atom stereocenters. The number of hydrogen-bond donors (Lipinski definition) is 2. The molecule has 6 rings (SSSR count). The molecule has 4 aromatic carbocycles. The van der Waals surface area contributed by atoms with Crippen molar-refractivity contribution in [1.82, 2.24) is 5.32 Å². The number of rotatable bonds is 33. The number of aliphatic hydroxyl groups is 1. The number of aryl methyl sites for hydroxylation is 2. The highest BCUT2D eigenvalue weighted by molar-refractivity contribution is 5.84. The third-order valence-electron chi connectivity index (χ3n) is 14.4. The Morgan fingerprint density at radius 1 is 0.634 bits per heavy atom. The number of hydrogen-bond acceptors (Lipinski definition) is 9. The van der Waals surface area contributed by atoms with Gasteiger partial charge in [-0.15, -0.1) is 0 Å².